The minimum absolute atomic E-state index is 0.206. The molecule has 1 aliphatic rings. The van der Waals surface area contributed by atoms with E-state index in [1.165, 1.54) is 12.1 Å². The molecule has 1 N–H and O–H groups in total. The van der Waals surface area contributed by atoms with Gasteiger partial charge in [0.1, 0.15) is 0 Å². The van der Waals surface area contributed by atoms with E-state index < -0.39 is 17.2 Å². The van der Waals surface area contributed by atoms with Crippen LogP contribution in [0.25, 0.3) is 0 Å². The molecule has 0 atom stereocenters. The van der Waals surface area contributed by atoms with Crippen LogP contribution in [0, 0.1) is 0 Å². The summed E-state index contributed by atoms with van der Waals surface area (Å²) in [6.45, 7) is 0. The second-order valence-corrected chi connectivity index (χ2v) is 9.05. The SMILES string of the molecule is O=P1(O)c2ccccc2CS(=O)(=O)Cc2ccccc21. The van der Waals surface area contributed by atoms with Crippen LogP contribution in [0.3, 0.4) is 0 Å². The summed E-state index contributed by atoms with van der Waals surface area (Å²) in [7, 11) is -7.11. The summed E-state index contributed by atoms with van der Waals surface area (Å²) in [5.41, 5.74) is 0.820. The molecule has 0 aromatic heterocycles. The predicted molar refractivity (Wildman–Crippen MR) is 78.3 cm³/mol. The van der Waals surface area contributed by atoms with E-state index in [1.54, 1.807) is 36.4 Å². The van der Waals surface area contributed by atoms with Crippen LogP contribution in [0.2, 0.25) is 0 Å². The van der Waals surface area contributed by atoms with Gasteiger partial charge in [0, 0.05) is 10.6 Å². The van der Waals surface area contributed by atoms with E-state index >= 15 is 0 Å². The molecule has 1 aliphatic heterocycles. The number of rotatable bonds is 0. The van der Waals surface area contributed by atoms with Gasteiger partial charge >= 0.3 is 0 Å². The van der Waals surface area contributed by atoms with Crippen LogP contribution in [0.5, 0.6) is 0 Å². The number of hydrogen-bond donors (Lipinski definition) is 1. The van der Waals surface area contributed by atoms with Crippen LogP contribution >= 0.6 is 7.37 Å². The largest absolute Gasteiger partial charge is 0.338 e. The highest BCUT2D eigenvalue weighted by Crippen LogP contribution is 2.42. The highest BCUT2D eigenvalue weighted by molar-refractivity contribution is 7.90. The van der Waals surface area contributed by atoms with Crippen molar-refractivity contribution in [2.45, 2.75) is 11.5 Å². The molecule has 3 rings (SSSR count). The molecule has 4 nitrogen and oxygen atoms in total. The lowest BCUT2D eigenvalue weighted by Crippen LogP contribution is -2.28. The van der Waals surface area contributed by atoms with Gasteiger partial charge in [0.25, 0.3) is 7.37 Å². The van der Waals surface area contributed by atoms with Crippen LogP contribution in [0.4, 0.5) is 0 Å². The second-order valence-electron chi connectivity index (χ2n) is 4.87. The van der Waals surface area contributed by atoms with Gasteiger partial charge in [0.15, 0.2) is 9.84 Å². The molecule has 2 aromatic carbocycles. The first-order chi connectivity index (χ1) is 9.40. The third kappa shape index (κ3) is 2.22. The molecule has 6 heteroatoms. The molecule has 0 aliphatic carbocycles. The van der Waals surface area contributed by atoms with Crippen molar-refractivity contribution in [1.82, 2.24) is 0 Å². The third-order valence-electron chi connectivity index (χ3n) is 3.39. The summed E-state index contributed by atoms with van der Waals surface area (Å²) < 4.78 is 37.2. The Hall–Kier alpha value is -1.42. The zero-order valence-electron chi connectivity index (χ0n) is 10.6. The van der Waals surface area contributed by atoms with E-state index in [2.05, 4.69) is 0 Å². The maximum atomic E-state index is 12.8. The fraction of sp³-hybridized carbons (Fsp3) is 0.143. The summed E-state index contributed by atoms with van der Waals surface area (Å²) in [5.74, 6) is -0.413. The first-order valence-corrected chi connectivity index (χ1v) is 9.58. The van der Waals surface area contributed by atoms with Crippen LogP contribution in [0.1, 0.15) is 11.1 Å². The molecule has 0 saturated carbocycles. The summed E-state index contributed by atoms with van der Waals surface area (Å²) in [6.07, 6.45) is 0. The highest BCUT2D eigenvalue weighted by Gasteiger charge is 2.33. The zero-order valence-corrected chi connectivity index (χ0v) is 12.3. The average molecular weight is 308 g/mol. The van der Waals surface area contributed by atoms with Gasteiger partial charge < -0.3 is 4.89 Å². The van der Waals surface area contributed by atoms with Crippen molar-refractivity contribution >= 4 is 27.8 Å². The van der Waals surface area contributed by atoms with Crippen molar-refractivity contribution < 1.29 is 17.9 Å². The average Bonchev–Trinajstić information content (AvgIpc) is 2.37. The Labute approximate surface area is 117 Å². The molecule has 0 amide bonds. The molecule has 1 heterocycles. The van der Waals surface area contributed by atoms with E-state index in [9.17, 15) is 17.9 Å². The Morgan fingerprint density at radius 3 is 1.70 bits per heavy atom. The highest BCUT2D eigenvalue weighted by atomic mass is 32.2. The van der Waals surface area contributed by atoms with Gasteiger partial charge in [-0.05, 0) is 23.3 Å². The molecule has 0 saturated heterocycles. The third-order valence-corrected chi connectivity index (χ3v) is 7.07. The monoisotopic (exact) mass is 308 g/mol. The fourth-order valence-corrected chi connectivity index (χ4v) is 6.20. The van der Waals surface area contributed by atoms with Crippen LogP contribution < -0.4 is 10.6 Å². The molecule has 104 valence electrons. The van der Waals surface area contributed by atoms with Gasteiger partial charge in [-0.3, -0.25) is 4.57 Å². The van der Waals surface area contributed by atoms with Gasteiger partial charge in [0.05, 0.1) is 11.5 Å². The molecule has 20 heavy (non-hydrogen) atoms. The van der Waals surface area contributed by atoms with Crippen molar-refractivity contribution in [3.63, 3.8) is 0 Å². The second kappa shape index (κ2) is 4.55. The summed E-state index contributed by atoms with van der Waals surface area (Å²) >= 11 is 0. The Morgan fingerprint density at radius 2 is 1.25 bits per heavy atom. The Morgan fingerprint density at radius 1 is 0.850 bits per heavy atom. The first kappa shape index (κ1) is 13.6. The number of fused-ring (bicyclic) bond motifs is 2. The topological polar surface area (TPSA) is 71.4 Å². The van der Waals surface area contributed by atoms with Crippen molar-refractivity contribution in [1.29, 1.82) is 0 Å². The van der Waals surface area contributed by atoms with E-state index in [4.69, 9.17) is 0 Å². The minimum Gasteiger partial charge on any atom is -0.338 e. The fourth-order valence-electron chi connectivity index (χ4n) is 2.51. The Kier molecular flexibility index (Phi) is 3.09. The summed E-state index contributed by atoms with van der Waals surface area (Å²) in [4.78, 5) is 10.5. The summed E-state index contributed by atoms with van der Waals surface area (Å²) in [6, 6.07) is 12.9. The molecular weight excluding hydrogens is 295 g/mol. The predicted octanol–water partition coefficient (Wildman–Crippen LogP) is 1.34. The zero-order chi connectivity index (χ0) is 14.4. The quantitative estimate of drug-likeness (QED) is 0.746. The molecule has 0 unspecified atom stereocenters. The van der Waals surface area contributed by atoms with Crippen molar-refractivity contribution in [2.24, 2.45) is 0 Å². The molecule has 0 radical (unpaired) electrons. The first-order valence-electron chi connectivity index (χ1n) is 6.10. The van der Waals surface area contributed by atoms with E-state index in [-0.39, 0.29) is 22.1 Å². The van der Waals surface area contributed by atoms with E-state index in [0.29, 0.717) is 11.1 Å². The molecule has 0 fully saturated rings. The van der Waals surface area contributed by atoms with Crippen molar-refractivity contribution in [3.05, 3.63) is 59.7 Å². The van der Waals surface area contributed by atoms with Gasteiger partial charge in [-0.2, -0.15) is 0 Å². The standard InChI is InChI=1S/C14H13O4PS/c15-19(16)13-7-3-1-5-11(13)9-20(17,18)10-12-6-2-4-8-14(12)19/h1-8H,9-10H2,(H,15,16). The molecule has 2 aromatic rings. The minimum atomic E-state index is -3.76. The van der Waals surface area contributed by atoms with Crippen molar-refractivity contribution in [2.75, 3.05) is 0 Å². The smallest absolute Gasteiger partial charge is 0.259 e. The van der Waals surface area contributed by atoms with Gasteiger partial charge in [-0.25, -0.2) is 8.42 Å². The normalized spacial score (nSPS) is 19.2. The lowest BCUT2D eigenvalue weighted by atomic mass is 10.2. The maximum Gasteiger partial charge on any atom is 0.259 e. The van der Waals surface area contributed by atoms with Crippen molar-refractivity contribution in [3.8, 4) is 0 Å². The lowest BCUT2D eigenvalue weighted by Gasteiger charge is -2.22. The number of sulfone groups is 1. The molecular formula is C14H13O4PS. The molecule has 0 bridgehead atoms. The lowest BCUT2D eigenvalue weighted by molar-refractivity contribution is 0.500. The van der Waals surface area contributed by atoms with Crippen LogP contribution in [-0.2, 0) is 25.9 Å². The van der Waals surface area contributed by atoms with Crippen LogP contribution in [0.15, 0.2) is 48.5 Å². The summed E-state index contributed by atoms with van der Waals surface area (Å²) in [5, 5.41) is 0.437. The number of hydrogen-bond acceptors (Lipinski definition) is 3. The number of benzene rings is 2. The maximum absolute atomic E-state index is 12.8. The Balaban J connectivity index is 2.38. The Bertz CT molecular complexity index is 767. The van der Waals surface area contributed by atoms with Gasteiger partial charge in [0.2, 0.25) is 0 Å². The van der Waals surface area contributed by atoms with Gasteiger partial charge in [-0.1, -0.05) is 36.4 Å². The van der Waals surface area contributed by atoms with E-state index in [1.807, 2.05) is 0 Å². The van der Waals surface area contributed by atoms with E-state index in [0.717, 1.165) is 0 Å². The van der Waals surface area contributed by atoms with Gasteiger partial charge in [-0.15, -0.1) is 0 Å². The molecule has 0 spiro atoms. The van der Waals surface area contributed by atoms with Crippen LogP contribution in [-0.4, -0.2) is 13.3 Å².